The summed E-state index contributed by atoms with van der Waals surface area (Å²) in [5.74, 6) is 1.49. The summed E-state index contributed by atoms with van der Waals surface area (Å²) in [6.45, 7) is 0.372. The molecule has 2 aromatic rings. The first-order valence-corrected chi connectivity index (χ1v) is 5.87. The molecule has 3 nitrogen and oxygen atoms in total. The van der Waals surface area contributed by atoms with Crippen LogP contribution in [0.4, 0.5) is 5.69 Å². The number of nitrogen functional groups attached to an aromatic ring is 1. The second-order valence-electron chi connectivity index (χ2n) is 3.82. The van der Waals surface area contributed by atoms with Crippen LogP contribution in [0.2, 0.25) is 5.02 Å². The molecule has 2 N–H and O–H groups in total. The van der Waals surface area contributed by atoms with Gasteiger partial charge < -0.3 is 15.2 Å². The molecule has 0 spiro atoms. The molecule has 0 heterocycles. The zero-order valence-electron chi connectivity index (χ0n) is 10.0. The molecule has 0 unspecified atom stereocenters. The highest BCUT2D eigenvalue weighted by atomic mass is 35.5. The van der Waals surface area contributed by atoms with Crippen LogP contribution in [0.15, 0.2) is 42.5 Å². The lowest BCUT2D eigenvalue weighted by molar-refractivity contribution is 0.304. The van der Waals surface area contributed by atoms with Crippen LogP contribution in [-0.2, 0) is 6.61 Å². The molecule has 4 heteroatoms. The Morgan fingerprint density at radius 2 is 1.89 bits per heavy atom. The van der Waals surface area contributed by atoms with Crippen molar-refractivity contribution in [3.05, 3.63) is 53.1 Å². The monoisotopic (exact) mass is 263 g/mol. The maximum Gasteiger partial charge on any atom is 0.123 e. The topological polar surface area (TPSA) is 44.5 Å². The summed E-state index contributed by atoms with van der Waals surface area (Å²) in [4.78, 5) is 0. The molecule has 0 fully saturated rings. The van der Waals surface area contributed by atoms with Crippen molar-refractivity contribution >= 4 is 17.3 Å². The van der Waals surface area contributed by atoms with E-state index < -0.39 is 0 Å². The highest BCUT2D eigenvalue weighted by Crippen LogP contribution is 2.23. The molecule has 2 rings (SSSR count). The second kappa shape index (κ2) is 5.65. The van der Waals surface area contributed by atoms with Crippen molar-refractivity contribution in [3.8, 4) is 11.5 Å². The van der Waals surface area contributed by atoms with E-state index in [1.807, 2.05) is 30.3 Å². The van der Waals surface area contributed by atoms with Gasteiger partial charge in [-0.15, -0.1) is 0 Å². The maximum atomic E-state index is 6.06. The van der Waals surface area contributed by atoms with E-state index >= 15 is 0 Å². The summed E-state index contributed by atoms with van der Waals surface area (Å²) >= 11 is 6.06. The molecule has 0 atom stereocenters. The standard InChI is InChI=1S/C14H14ClNO2/c1-17-12-3-2-4-13(8-12)18-9-10-7-11(16)5-6-14(10)15/h2-8H,9,16H2,1H3. The second-order valence-corrected chi connectivity index (χ2v) is 4.23. The van der Waals surface area contributed by atoms with Crippen LogP contribution in [0.1, 0.15) is 5.56 Å². The van der Waals surface area contributed by atoms with Crippen LogP contribution < -0.4 is 15.2 Å². The normalized spacial score (nSPS) is 10.1. The molecule has 0 bridgehead atoms. The fourth-order valence-electron chi connectivity index (χ4n) is 1.56. The minimum Gasteiger partial charge on any atom is -0.497 e. The number of rotatable bonds is 4. The Hall–Kier alpha value is -1.87. The Morgan fingerprint density at radius 3 is 2.67 bits per heavy atom. The van der Waals surface area contributed by atoms with Gasteiger partial charge in [0.25, 0.3) is 0 Å². The average Bonchev–Trinajstić information content (AvgIpc) is 2.40. The predicted molar refractivity (Wildman–Crippen MR) is 73.2 cm³/mol. The Kier molecular flexibility index (Phi) is 3.95. The van der Waals surface area contributed by atoms with Gasteiger partial charge in [0.05, 0.1) is 7.11 Å². The summed E-state index contributed by atoms with van der Waals surface area (Å²) in [6.07, 6.45) is 0. The molecule has 2 aromatic carbocycles. The van der Waals surface area contributed by atoms with Gasteiger partial charge in [-0.05, 0) is 30.3 Å². The first-order valence-electron chi connectivity index (χ1n) is 5.50. The Labute approximate surface area is 111 Å². The number of hydrogen-bond donors (Lipinski definition) is 1. The van der Waals surface area contributed by atoms with Crippen molar-refractivity contribution in [2.24, 2.45) is 0 Å². The number of halogens is 1. The summed E-state index contributed by atoms with van der Waals surface area (Å²) in [7, 11) is 1.62. The van der Waals surface area contributed by atoms with Crippen molar-refractivity contribution in [3.63, 3.8) is 0 Å². The first-order chi connectivity index (χ1) is 8.69. The van der Waals surface area contributed by atoms with Gasteiger partial charge in [-0.3, -0.25) is 0 Å². The van der Waals surface area contributed by atoms with Gasteiger partial charge in [0, 0.05) is 22.3 Å². The van der Waals surface area contributed by atoms with Crippen LogP contribution in [0, 0.1) is 0 Å². The third kappa shape index (κ3) is 3.08. The van der Waals surface area contributed by atoms with Crippen LogP contribution >= 0.6 is 11.6 Å². The van der Waals surface area contributed by atoms with Gasteiger partial charge in [-0.2, -0.15) is 0 Å². The minimum atomic E-state index is 0.372. The number of methoxy groups -OCH3 is 1. The van der Waals surface area contributed by atoms with Gasteiger partial charge in [-0.25, -0.2) is 0 Å². The molecule has 0 aliphatic carbocycles. The van der Waals surface area contributed by atoms with Gasteiger partial charge in [0.1, 0.15) is 18.1 Å². The average molecular weight is 264 g/mol. The van der Waals surface area contributed by atoms with Gasteiger partial charge in [0.2, 0.25) is 0 Å². The first kappa shape index (κ1) is 12.6. The third-order valence-corrected chi connectivity index (χ3v) is 2.87. The molecule has 0 amide bonds. The summed E-state index contributed by atoms with van der Waals surface area (Å²) in [5, 5.41) is 0.645. The van der Waals surface area contributed by atoms with Crippen LogP contribution in [-0.4, -0.2) is 7.11 Å². The van der Waals surface area contributed by atoms with E-state index in [1.54, 1.807) is 19.2 Å². The molecule has 0 radical (unpaired) electrons. The smallest absolute Gasteiger partial charge is 0.123 e. The fraction of sp³-hybridized carbons (Fsp3) is 0.143. The fourth-order valence-corrected chi connectivity index (χ4v) is 1.73. The van der Waals surface area contributed by atoms with Crippen LogP contribution in [0.3, 0.4) is 0 Å². The molecule has 0 saturated heterocycles. The zero-order valence-corrected chi connectivity index (χ0v) is 10.8. The van der Waals surface area contributed by atoms with Crippen LogP contribution in [0.5, 0.6) is 11.5 Å². The Bertz CT molecular complexity index is 543. The summed E-state index contributed by atoms with van der Waals surface area (Å²) in [5.41, 5.74) is 7.24. The molecular formula is C14H14ClNO2. The zero-order chi connectivity index (χ0) is 13.0. The van der Waals surface area contributed by atoms with Crippen molar-refractivity contribution in [1.82, 2.24) is 0 Å². The molecular weight excluding hydrogens is 250 g/mol. The number of benzene rings is 2. The van der Waals surface area contributed by atoms with E-state index in [0.717, 1.165) is 17.1 Å². The van der Waals surface area contributed by atoms with E-state index in [0.29, 0.717) is 17.3 Å². The molecule has 94 valence electrons. The van der Waals surface area contributed by atoms with E-state index in [4.69, 9.17) is 26.8 Å². The van der Waals surface area contributed by atoms with E-state index in [1.165, 1.54) is 0 Å². The van der Waals surface area contributed by atoms with Crippen molar-refractivity contribution in [1.29, 1.82) is 0 Å². The lowest BCUT2D eigenvalue weighted by Crippen LogP contribution is -1.98. The van der Waals surface area contributed by atoms with E-state index in [9.17, 15) is 0 Å². The van der Waals surface area contributed by atoms with Crippen LogP contribution in [0.25, 0.3) is 0 Å². The Morgan fingerprint density at radius 1 is 1.11 bits per heavy atom. The maximum absolute atomic E-state index is 6.06. The summed E-state index contributed by atoms with van der Waals surface area (Å²) in [6, 6.07) is 12.7. The predicted octanol–water partition coefficient (Wildman–Crippen LogP) is 3.51. The largest absolute Gasteiger partial charge is 0.497 e. The molecule has 0 saturated carbocycles. The molecule has 18 heavy (non-hydrogen) atoms. The lowest BCUT2D eigenvalue weighted by atomic mass is 10.2. The third-order valence-electron chi connectivity index (χ3n) is 2.51. The minimum absolute atomic E-state index is 0.372. The molecule has 0 aliphatic heterocycles. The SMILES string of the molecule is COc1cccc(OCc2cc(N)ccc2Cl)c1. The van der Waals surface area contributed by atoms with Crippen molar-refractivity contribution in [2.75, 3.05) is 12.8 Å². The van der Waals surface area contributed by atoms with Gasteiger partial charge in [-0.1, -0.05) is 17.7 Å². The molecule has 0 aromatic heterocycles. The van der Waals surface area contributed by atoms with Gasteiger partial charge in [0.15, 0.2) is 0 Å². The lowest BCUT2D eigenvalue weighted by Gasteiger charge is -2.09. The molecule has 0 aliphatic rings. The Balaban J connectivity index is 2.08. The number of hydrogen-bond acceptors (Lipinski definition) is 3. The van der Waals surface area contributed by atoms with E-state index in [-0.39, 0.29) is 0 Å². The number of nitrogens with two attached hydrogens (primary N) is 1. The quantitative estimate of drug-likeness (QED) is 0.859. The highest BCUT2D eigenvalue weighted by Gasteiger charge is 2.03. The van der Waals surface area contributed by atoms with E-state index in [2.05, 4.69) is 0 Å². The van der Waals surface area contributed by atoms with Gasteiger partial charge >= 0.3 is 0 Å². The summed E-state index contributed by atoms with van der Waals surface area (Å²) < 4.78 is 10.8. The van der Waals surface area contributed by atoms with Crippen molar-refractivity contribution in [2.45, 2.75) is 6.61 Å². The highest BCUT2D eigenvalue weighted by molar-refractivity contribution is 6.31. The van der Waals surface area contributed by atoms with Crippen molar-refractivity contribution < 1.29 is 9.47 Å². The number of anilines is 1. The number of ether oxygens (including phenoxy) is 2.